The first-order valence-electron chi connectivity index (χ1n) is 8.71. The molecule has 1 aromatic heterocycles. The van der Waals surface area contributed by atoms with Gasteiger partial charge in [0.1, 0.15) is 36.2 Å². The highest BCUT2D eigenvalue weighted by Crippen LogP contribution is 2.28. The van der Waals surface area contributed by atoms with Crippen LogP contribution in [0.5, 0.6) is 0 Å². The van der Waals surface area contributed by atoms with Gasteiger partial charge in [0.2, 0.25) is 5.91 Å². The molecule has 5 N–H and O–H groups in total. The van der Waals surface area contributed by atoms with E-state index in [4.69, 9.17) is 9.47 Å². The van der Waals surface area contributed by atoms with Crippen LogP contribution in [-0.4, -0.2) is 103 Å². The number of carbonyl (C=O) groups excluding carboxylic acids is 2. The number of hydrogen-bond acceptors (Lipinski definition) is 10. The van der Waals surface area contributed by atoms with Crippen molar-refractivity contribution in [1.82, 2.24) is 25.2 Å². The molecule has 13 heteroatoms. The van der Waals surface area contributed by atoms with Crippen LogP contribution >= 0.6 is 0 Å². The van der Waals surface area contributed by atoms with Crippen LogP contribution in [-0.2, 0) is 20.8 Å². The molecule has 13 nitrogen and oxygen atoms in total. The second-order valence-corrected chi connectivity index (χ2v) is 6.73. The Hall–Kier alpha value is -2.32. The van der Waals surface area contributed by atoms with Crippen molar-refractivity contribution >= 4 is 12.0 Å². The van der Waals surface area contributed by atoms with Crippen LogP contribution in [0.25, 0.3) is 0 Å². The Labute approximate surface area is 159 Å². The number of carbonyl (C=O) groups is 2. The van der Waals surface area contributed by atoms with Gasteiger partial charge in [-0.1, -0.05) is 5.21 Å². The number of aliphatic hydroxyl groups excluding tert-OH is 4. The molecular weight excluding hydrogens is 378 g/mol. The summed E-state index contributed by atoms with van der Waals surface area (Å²) in [6, 6.07) is 0. The predicted molar refractivity (Wildman–Crippen MR) is 88.4 cm³/mol. The SMILES string of the molecule is CC(=O)NCC1CN(Cc2cn([C@@H]3O[C@H](CO)[C@H](O)[C@H](O)[C@H]3O)nn2)C(=O)O1. The van der Waals surface area contributed by atoms with Crippen molar-refractivity contribution in [2.75, 3.05) is 19.7 Å². The minimum Gasteiger partial charge on any atom is -0.442 e. The summed E-state index contributed by atoms with van der Waals surface area (Å²) < 4.78 is 11.7. The average molecular weight is 401 g/mol. The largest absolute Gasteiger partial charge is 0.442 e. The van der Waals surface area contributed by atoms with Crippen molar-refractivity contribution in [2.24, 2.45) is 0 Å². The highest BCUT2D eigenvalue weighted by atomic mass is 16.6. The van der Waals surface area contributed by atoms with Gasteiger partial charge in [0.05, 0.1) is 32.4 Å². The van der Waals surface area contributed by atoms with Crippen molar-refractivity contribution in [2.45, 2.75) is 50.2 Å². The zero-order chi connectivity index (χ0) is 20.4. The first-order valence-corrected chi connectivity index (χ1v) is 8.71. The van der Waals surface area contributed by atoms with E-state index in [-0.39, 0.29) is 25.5 Å². The van der Waals surface area contributed by atoms with Gasteiger partial charge in [0.15, 0.2) is 6.23 Å². The third-order valence-corrected chi connectivity index (χ3v) is 4.57. The maximum atomic E-state index is 11.9. The van der Waals surface area contributed by atoms with Gasteiger partial charge in [0, 0.05) is 6.92 Å². The maximum Gasteiger partial charge on any atom is 0.410 e. The maximum absolute atomic E-state index is 11.9. The lowest BCUT2D eigenvalue weighted by Crippen LogP contribution is -2.56. The minimum absolute atomic E-state index is 0.0762. The predicted octanol–water partition coefficient (Wildman–Crippen LogP) is -3.29. The molecule has 0 aliphatic carbocycles. The molecule has 156 valence electrons. The molecule has 0 aromatic carbocycles. The fourth-order valence-corrected chi connectivity index (χ4v) is 3.07. The molecule has 2 fully saturated rings. The van der Waals surface area contributed by atoms with Gasteiger partial charge in [0.25, 0.3) is 0 Å². The fraction of sp³-hybridized carbons (Fsp3) is 0.733. The van der Waals surface area contributed by atoms with Crippen molar-refractivity contribution in [3.05, 3.63) is 11.9 Å². The molecule has 0 spiro atoms. The van der Waals surface area contributed by atoms with E-state index in [0.717, 1.165) is 4.68 Å². The van der Waals surface area contributed by atoms with Crippen LogP contribution in [0.15, 0.2) is 6.20 Å². The topological polar surface area (TPSA) is 179 Å². The van der Waals surface area contributed by atoms with Crippen LogP contribution in [0.3, 0.4) is 0 Å². The van der Waals surface area contributed by atoms with Gasteiger partial charge in [-0.15, -0.1) is 5.10 Å². The van der Waals surface area contributed by atoms with Crippen LogP contribution in [0.1, 0.15) is 18.8 Å². The summed E-state index contributed by atoms with van der Waals surface area (Å²) in [6.07, 6.45) is -6.36. The van der Waals surface area contributed by atoms with Crippen LogP contribution in [0.2, 0.25) is 0 Å². The third kappa shape index (κ3) is 4.23. The first kappa shape index (κ1) is 20.4. The standard InChI is InChI=1S/C15H23N5O8/c1-7(22)16-2-9-5-19(15(26)27-9)3-8-4-20(18-17-8)14-13(25)12(24)11(23)10(6-21)28-14/h4,9-14,21,23-25H,2-3,5-6H2,1H3,(H,16,22)/t9?,10-,11+,12+,13-,14-/m1/s1. The van der Waals surface area contributed by atoms with Gasteiger partial charge in [-0.3, -0.25) is 9.69 Å². The van der Waals surface area contributed by atoms with Crippen LogP contribution in [0.4, 0.5) is 4.79 Å². The van der Waals surface area contributed by atoms with E-state index in [2.05, 4.69) is 15.6 Å². The Balaban J connectivity index is 1.62. The Kier molecular flexibility index (Phi) is 6.10. The van der Waals surface area contributed by atoms with E-state index >= 15 is 0 Å². The van der Waals surface area contributed by atoms with Crippen molar-refractivity contribution < 1.29 is 39.5 Å². The summed E-state index contributed by atoms with van der Waals surface area (Å²) in [4.78, 5) is 24.3. The average Bonchev–Trinajstić information content (AvgIpc) is 3.25. The van der Waals surface area contributed by atoms with E-state index in [1.54, 1.807) is 0 Å². The molecule has 3 heterocycles. The normalized spacial score (nSPS) is 33.0. The number of nitrogens with zero attached hydrogens (tertiary/aromatic N) is 4. The van der Waals surface area contributed by atoms with E-state index in [9.17, 15) is 30.0 Å². The first-order chi connectivity index (χ1) is 13.3. The summed E-state index contributed by atoms with van der Waals surface area (Å²) in [6.45, 7) is 1.35. The molecule has 2 aliphatic rings. The van der Waals surface area contributed by atoms with Gasteiger partial charge < -0.3 is 35.2 Å². The Bertz CT molecular complexity index is 712. The molecular formula is C15H23N5O8. The smallest absolute Gasteiger partial charge is 0.410 e. The van der Waals surface area contributed by atoms with Crippen molar-refractivity contribution in [1.29, 1.82) is 0 Å². The molecule has 2 aliphatic heterocycles. The molecule has 2 saturated heterocycles. The second-order valence-electron chi connectivity index (χ2n) is 6.73. The van der Waals surface area contributed by atoms with Crippen molar-refractivity contribution in [3.8, 4) is 0 Å². The lowest BCUT2D eigenvalue weighted by Gasteiger charge is -2.39. The van der Waals surface area contributed by atoms with Gasteiger partial charge in [-0.05, 0) is 0 Å². The monoisotopic (exact) mass is 401 g/mol. The van der Waals surface area contributed by atoms with E-state index in [1.165, 1.54) is 18.0 Å². The summed E-state index contributed by atoms with van der Waals surface area (Å²) in [5.41, 5.74) is 0.370. The molecule has 2 amide bonds. The summed E-state index contributed by atoms with van der Waals surface area (Å²) in [7, 11) is 0. The van der Waals surface area contributed by atoms with E-state index < -0.39 is 49.4 Å². The number of aliphatic hydroxyl groups is 4. The Morgan fingerprint density at radius 2 is 2.07 bits per heavy atom. The molecule has 0 bridgehead atoms. The lowest BCUT2D eigenvalue weighted by atomic mass is 9.98. The van der Waals surface area contributed by atoms with Crippen LogP contribution in [0, 0.1) is 0 Å². The minimum atomic E-state index is -1.54. The van der Waals surface area contributed by atoms with Crippen molar-refractivity contribution in [3.63, 3.8) is 0 Å². The van der Waals surface area contributed by atoms with E-state index in [1.807, 2.05) is 0 Å². The van der Waals surface area contributed by atoms with Gasteiger partial charge in [-0.2, -0.15) is 0 Å². The highest BCUT2D eigenvalue weighted by Gasteiger charge is 2.44. The number of aromatic nitrogens is 3. The van der Waals surface area contributed by atoms with Crippen LogP contribution < -0.4 is 5.32 Å². The number of rotatable bonds is 6. The highest BCUT2D eigenvalue weighted by molar-refractivity contribution is 5.73. The summed E-state index contributed by atoms with van der Waals surface area (Å²) >= 11 is 0. The summed E-state index contributed by atoms with van der Waals surface area (Å²) in [5.74, 6) is -0.225. The van der Waals surface area contributed by atoms with Gasteiger partial charge >= 0.3 is 6.09 Å². The number of ether oxygens (including phenoxy) is 2. The number of amides is 2. The molecule has 1 unspecified atom stereocenters. The zero-order valence-corrected chi connectivity index (χ0v) is 15.1. The second kappa shape index (κ2) is 8.36. The number of cyclic esters (lactones) is 1. The number of hydrogen-bond donors (Lipinski definition) is 5. The Morgan fingerprint density at radius 1 is 1.32 bits per heavy atom. The lowest BCUT2D eigenvalue weighted by molar-refractivity contribution is -0.254. The molecule has 6 atom stereocenters. The van der Waals surface area contributed by atoms with E-state index in [0.29, 0.717) is 5.69 Å². The molecule has 0 radical (unpaired) electrons. The molecule has 0 saturated carbocycles. The zero-order valence-electron chi connectivity index (χ0n) is 15.1. The number of nitrogens with one attached hydrogen (secondary N) is 1. The quantitative estimate of drug-likeness (QED) is 0.324. The molecule has 3 rings (SSSR count). The third-order valence-electron chi connectivity index (χ3n) is 4.57. The summed E-state index contributed by atoms with van der Waals surface area (Å²) in [5, 5.41) is 49.4. The fourth-order valence-electron chi connectivity index (χ4n) is 3.07. The Morgan fingerprint density at radius 3 is 2.75 bits per heavy atom. The molecule has 28 heavy (non-hydrogen) atoms. The molecule has 1 aromatic rings. The van der Waals surface area contributed by atoms with Gasteiger partial charge in [-0.25, -0.2) is 9.48 Å².